The van der Waals surface area contributed by atoms with Gasteiger partial charge in [0.25, 0.3) is 0 Å². The number of nitrogen functional groups attached to an aromatic ring is 1. The second-order valence-electron chi connectivity index (χ2n) is 9.30. The van der Waals surface area contributed by atoms with Gasteiger partial charge in [0.1, 0.15) is 5.82 Å². The molecule has 10 heteroatoms. The van der Waals surface area contributed by atoms with E-state index in [1.807, 2.05) is 17.0 Å². The van der Waals surface area contributed by atoms with Crippen LogP contribution in [0.3, 0.4) is 0 Å². The van der Waals surface area contributed by atoms with E-state index in [1.165, 1.54) is 4.31 Å². The van der Waals surface area contributed by atoms with E-state index in [-0.39, 0.29) is 5.41 Å². The van der Waals surface area contributed by atoms with Crippen molar-refractivity contribution < 1.29 is 17.9 Å². The summed E-state index contributed by atoms with van der Waals surface area (Å²) in [7, 11) is -0.461. The number of hydrogen-bond donors (Lipinski definition) is 1. The number of hydrogen-bond acceptors (Lipinski definition) is 8. The van der Waals surface area contributed by atoms with Crippen LogP contribution in [0.1, 0.15) is 26.3 Å². The van der Waals surface area contributed by atoms with Gasteiger partial charge in [0.15, 0.2) is 11.5 Å². The number of nitrogens with two attached hydrogens (primary N) is 1. The minimum Gasteiger partial charge on any atom is -0.493 e. The third kappa shape index (κ3) is 4.47. The molecule has 0 unspecified atom stereocenters. The zero-order valence-electron chi connectivity index (χ0n) is 20.2. The topological polar surface area (TPSA) is 111 Å². The number of rotatable bonds is 5. The molecule has 1 saturated heterocycles. The van der Waals surface area contributed by atoms with Gasteiger partial charge in [-0.25, -0.2) is 13.4 Å². The van der Waals surface area contributed by atoms with E-state index < -0.39 is 10.0 Å². The van der Waals surface area contributed by atoms with Crippen molar-refractivity contribution >= 4 is 32.7 Å². The summed E-state index contributed by atoms with van der Waals surface area (Å²) in [4.78, 5) is 11.4. The average Bonchev–Trinajstić information content (AvgIpc) is 2.82. The molecule has 2 aromatic carbocycles. The molecule has 2 heterocycles. The maximum atomic E-state index is 13.2. The van der Waals surface area contributed by atoms with Crippen LogP contribution in [0.25, 0.3) is 10.9 Å². The van der Waals surface area contributed by atoms with Crippen LogP contribution in [0.15, 0.2) is 41.3 Å². The molecular weight excluding hydrogens is 454 g/mol. The molecule has 1 fully saturated rings. The second-order valence-corrected chi connectivity index (χ2v) is 11.2. The smallest absolute Gasteiger partial charge is 0.243 e. The molecule has 0 spiro atoms. The zero-order chi connectivity index (χ0) is 24.7. The molecule has 34 heavy (non-hydrogen) atoms. The molecule has 0 bridgehead atoms. The predicted molar refractivity (Wildman–Crippen MR) is 133 cm³/mol. The molecule has 1 aliphatic heterocycles. The monoisotopic (exact) mass is 485 g/mol. The number of methoxy groups -OCH3 is 2. The number of benzene rings is 2. The van der Waals surface area contributed by atoms with Crippen LogP contribution in [0.5, 0.6) is 11.5 Å². The van der Waals surface area contributed by atoms with E-state index in [0.717, 1.165) is 5.56 Å². The Morgan fingerprint density at radius 2 is 1.50 bits per heavy atom. The van der Waals surface area contributed by atoms with E-state index in [1.54, 1.807) is 38.5 Å². The quantitative estimate of drug-likeness (QED) is 0.587. The first-order valence-electron chi connectivity index (χ1n) is 11.1. The molecule has 0 aliphatic carbocycles. The lowest BCUT2D eigenvalue weighted by Gasteiger charge is -2.34. The van der Waals surface area contributed by atoms with Gasteiger partial charge in [-0.05, 0) is 29.2 Å². The summed E-state index contributed by atoms with van der Waals surface area (Å²) >= 11 is 0. The van der Waals surface area contributed by atoms with Gasteiger partial charge >= 0.3 is 0 Å². The lowest BCUT2D eigenvalue weighted by atomic mass is 9.87. The summed E-state index contributed by atoms with van der Waals surface area (Å²) in [5.74, 6) is 1.89. The number of anilines is 2. The fraction of sp³-hybridized carbons (Fsp3) is 0.417. The van der Waals surface area contributed by atoms with Gasteiger partial charge in [-0.1, -0.05) is 32.9 Å². The molecule has 9 nitrogen and oxygen atoms in total. The molecule has 4 rings (SSSR count). The Balaban J connectivity index is 1.53. The van der Waals surface area contributed by atoms with Gasteiger partial charge in [-0.2, -0.15) is 9.29 Å². The van der Waals surface area contributed by atoms with Gasteiger partial charge in [0.05, 0.1) is 24.6 Å². The lowest BCUT2D eigenvalue weighted by Crippen LogP contribution is -2.49. The standard InChI is InChI=1S/C24H31N5O4S/c1-24(2,3)16-6-8-17(9-7-16)34(30,31)29-12-10-28(11-13-29)23-26-19-15-21(33-5)20(32-4)14-18(19)22(25)27-23/h6-9,14-15H,10-13H2,1-5H3,(H2,25,26,27). The van der Waals surface area contributed by atoms with E-state index >= 15 is 0 Å². The molecule has 1 aromatic heterocycles. The van der Waals surface area contributed by atoms with Gasteiger partial charge < -0.3 is 20.1 Å². The first-order valence-corrected chi connectivity index (χ1v) is 12.5. The van der Waals surface area contributed by atoms with Crippen molar-refractivity contribution in [3.8, 4) is 11.5 Å². The fourth-order valence-corrected chi connectivity index (χ4v) is 5.43. The van der Waals surface area contributed by atoms with E-state index in [2.05, 4.69) is 30.7 Å². The van der Waals surface area contributed by atoms with Crippen LogP contribution in [-0.4, -0.2) is 63.1 Å². The highest BCUT2D eigenvalue weighted by Crippen LogP contribution is 2.34. The van der Waals surface area contributed by atoms with Crippen molar-refractivity contribution in [3.05, 3.63) is 42.0 Å². The summed E-state index contributed by atoms with van der Waals surface area (Å²) < 4.78 is 38.6. The lowest BCUT2D eigenvalue weighted by molar-refractivity contribution is 0.356. The average molecular weight is 486 g/mol. The fourth-order valence-electron chi connectivity index (χ4n) is 4.01. The van der Waals surface area contributed by atoms with E-state index in [0.29, 0.717) is 65.2 Å². The molecule has 182 valence electrons. The number of aromatic nitrogens is 2. The van der Waals surface area contributed by atoms with Crippen LogP contribution in [0.4, 0.5) is 11.8 Å². The van der Waals surface area contributed by atoms with Crippen LogP contribution in [-0.2, 0) is 15.4 Å². The van der Waals surface area contributed by atoms with Crippen LogP contribution >= 0.6 is 0 Å². The Kier molecular flexibility index (Phi) is 6.30. The van der Waals surface area contributed by atoms with E-state index in [4.69, 9.17) is 15.2 Å². The predicted octanol–water partition coefficient (Wildman–Crippen LogP) is 3.04. The molecule has 0 saturated carbocycles. The third-order valence-electron chi connectivity index (χ3n) is 6.10. The summed E-state index contributed by atoms with van der Waals surface area (Å²) in [6.07, 6.45) is 0. The molecular formula is C24H31N5O4S. The number of ether oxygens (including phenoxy) is 2. The normalized spacial score (nSPS) is 15.5. The van der Waals surface area contributed by atoms with Gasteiger partial charge in [0.2, 0.25) is 16.0 Å². The van der Waals surface area contributed by atoms with Gasteiger partial charge in [-0.15, -0.1) is 0 Å². The Bertz CT molecular complexity index is 1300. The van der Waals surface area contributed by atoms with Crippen LogP contribution in [0, 0.1) is 0 Å². The van der Waals surface area contributed by atoms with Gasteiger partial charge in [0, 0.05) is 37.6 Å². The number of sulfonamides is 1. The van der Waals surface area contributed by atoms with Crippen molar-refractivity contribution in [2.45, 2.75) is 31.1 Å². The Morgan fingerprint density at radius 3 is 2.06 bits per heavy atom. The first-order chi connectivity index (χ1) is 16.0. The molecule has 1 aliphatic rings. The summed E-state index contributed by atoms with van der Waals surface area (Å²) in [6.45, 7) is 7.88. The third-order valence-corrected chi connectivity index (χ3v) is 8.01. The maximum absolute atomic E-state index is 13.2. The summed E-state index contributed by atoms with van der Waals surface area (Å²) in [5, 5.41) is 0.668. The second kappa shape index (κ2) is 8.92. The number of fused-ring (bicyclic) bond motifs is 1. The summed E-state index contributed by atoms with van der Waals surface area (Å²) in [5.41, 5.74) is 7.90. The minimum absolute atomic E-state index is 0.0369. The van der Waals surface area contributed by atoms with Crippen LogP contribution in [0.2, 0.25) is 0 Å². The van der Waals surface area contributed by atoms with Crippen molar-refractivity contribution in [1.82, 2.24) is 14.3 Å². The molecule has 0 amide bonds. The number of piperazine rings is 1. The Labute approximate surface area is 200 Å². The highest BCUT2D eigenvalue weighted by Gasteiger charge is 2.30. The van der Waals surface area contributed by atoms with Crippen molar-refractivity contribution in [2.75, 3.05) is 51.0 Å². The van der Waals surface area contributed by atoms with Crippen LogP contribution < -0.4 is 20.1 Å². The minimum atomic E-state index is -3.58. The van der Waals surface area contributed by atoms with E-state index in [9.17, 15) is 8.42 Å². The van der Waals surface area contributed by atoms with Crippen molar-refractivity contribution in [1.29, 1.82) is 0 Å². The molecule has 0 atom stereocenters. The van der Waals surface area contributed by atoms with Gasteiger partial charge in [-0.3, -0.25) is 0 Å². The molecule has 0 radical (unpaired) electrons. The Morgan fingerprint density at radius 1 is 0.912 bits per heavy atom. The molecule has 2 N–H and O–H groups in total. The van der Waals surface area contributed by atoms with Crippen molar-refractivity contribution in [2.24, 2.45) is 0 Å². The summed E-state index contributed by atoms with van der Waals surface area (Å²) in [6, 6.07) is 10.7. The number of nitrogens with zero attached hydrogens (tertiary/aromatic N) is 4. The Hall–Kier alpha value is -3.11. The SMILES string of the molecule is COc1cc2nc(N3CCN(S(=O)(=O)c4ccc(C(C)(C)C)cc4)CC3)nc(N)c2cc1OC. The molecule has 3 aromatic rings. The zero-order valence-corrected chi connectivity index (χ0v) is 21.0. The first kappa shape index (κ1) is 24.0. The maximum Gasteiger partial charge on any atom is 0.243 e. The largest absolute Gasteiger partial charge is 0.493 e. The van der Waals surface area contributed by atoms with Crippen molar-refractivity contribution in [3.63, 3.8) is 0 Å². The highest BCUT2D eigenvalue weighted by atomic mass is 32.2. The highest BCUT2D eigenvalue weighted by molar-refractivity contribution is 7.89.